The van der Waals surface area contributed by atoms with Crippen LogP contribution in [0.4, 0.5) is 17.5 Å². The van der Waals surface area contributed by atoms with Crippen molar-refractivity contribution < 1.29 is 9.47 Å². The van der Waals surface area contributed by atoms with Gasteiger partial charge in [0.15, 0.2) is 5.82 Å². The summed E-state index contributed by atoms with van der Waals surface area (Å²) in [6, 6.07) is 11.8. The molecule has 3 aromatic heterocycles. The van der Waals surface area contributed by atoms with E-state index in [1.54, 1.807) is 12.5 Å². The fourth-order valence-corrected chi connectivity index (χ4v) is 4.07. The number of fused-ring (bicyclic) bond motifs is 2. The van der Waals surface area contributed by atoms with Crippen LogP contribution in [0.15, 0.2) is 55.2 Å². The zero-order valence-corrected chi connectivity index (χ0v) is 21.5. The topological polar surface area (TPSA) is 103 Å². The summed E-state index contributed by atoms with van der Waals surface area (Å²) in [5.74, 6) is 2.70. The van der Waals surface area contributed by atoms with Crippen molar-refractivity contribution in [1.82, 2.24) is 29.5 Å². The van der Waals surface area contributed by atoms with Gasteiger partial charge in [-0.2, -0.15) is 0 Å². The molecule has 0 aliphatic rings. The molecule has 5 aromatic rings. The SMILES string of the molecule is CCCN(COCC)c1ncc2ncnc(Nc3ccc(Oc4ccc5c(c4)ncn5C)c(C)c3)c2n1. The van der Waals surface area contributed by atoms with Crippen LogP contribution in [0.5, 0.6) is 11.5 Å². The second kappa shape index (κ2) is 10.8. The molecule has 0 aliphatic heterocycles. The van der Waals surface area contributed by atoms with Gasteiger partial charge < -0.3 is 24.3 Å². The summed E-state index contributed by atoms with van der Waals surface area (Å²) in [7, 11) is 1.97. The van der Waals surface area contributed by atoms with E-state index in [9.17, 15) is 0 Å². The number of anilines is 3. The molecular formula is C27H30N8O2. The Morgan fingerprint density at radius 1 is 1.00 bits per heavy atom. The van der Waals surface area contributed by atoms with E-state index >= 15 is 0 Å². The molecule has 0 fully saturated rings. The van der Waals surface area contributed by atoms with Crippen LogP contribution in [0, 0.1) is 6.92 Å². The van der Waals surface area contributed by atoms with E-state index < -0.39 is 0 Å². The quantitative estimate of drug-likeness (QED) is 0.255. The van der Waals surface area contributed by atoms with Crippen molar-refractivity contribution >= 4 is 39.5 Å². The third-order valence-electron chi connectivity index (χ3n) is 5.95. The van der Waals surface area contributed by atoms with E-state index in [4.69, 9.17) is 14.5 Å². The molecule has 0 unspecified atom stereocenters. The summed E-state index contributed by atoms with van der Waals surface area (Å²) in [6.45, 7) is 7.94. The molecule has 1 N–H and O–H groups in total. The minimum atomic E-state index is 0.431. The van der Waals surface area contributed by atoms with Crippen molar-refractivity contribution in [3.05, 3.63) is 60.8 Å². The summed E-state index contributed by atoms with van der Waals surface area (Å²) in [4.78, 5) is 24.5. The van der Waals surface area contributed by atoms with Gasteiger partial charge >= 0.3 is 0 Å². The van der Waals surface area contributed by atoms with Crippen molar-refractivity contribution in [3.63, 3.8) is 0 Å². The predicted octanol–water partition coefficient (Wildman–Crippen LogP) is 5.36. The number of rotatable bonds is 10. The number of nitrogens with one attached hydrogen (secondary N) is 1. The normalized spacial score (nSPS) is 11.2. The van der Waals surface area contributed by atoms with Crippen LogP contribution in [0.25, 0.3) is 22.1 Å². The number of ether oxygens (including phenoxy) is 2. The van der Waals surface area contributed by atoms with Gasteiger partial charge in [-0.3, -0.25) is 0 Å². The van der Waals surface area contributed by atoms with Crippen molar-refractivity contribution in [3.8, 4) is 11.5 Å². The number of nitrogens with zero attached hydrogens (tertiary/aromatic N) is 7. The van der Waals surface area contributed by atoms with E-state index in [2.05, 4.69) is 32.2 Å². The van der Waals surface area contributed by atoms with E-state index in [1.165, 1.54) is 6.33 Å². The molecule has 0 spiro atoms. The maximum absolute atomic E-state index is 6.16. The largest absolute Gasteiger partial charge is 0.457 e. The highest BCUT2D eigenvalue weighted by Crippen LogP contribution is 2.31. The van der Waals surface area contributed by atoms with Gasteiger partial charge in [0.1, 0.15) is 35.6 Å². The van der Waals surface area contributed by atoms with Crippen LogP contribution in [-0.2, 0) is 11.8 Å². The maximum atomic E-state index is 6.16. The van der Waals surface area contributed by atoms with Crippen LogP contribution in [0.3, 0.4) is 0 Å². The molecular weight excluding hydrogens is 468 g/mol. The van der Waals surface area contributed by atoms with E-state index in [0.29, 0.717) is 36.1 Å². The lowest BCUT2D eigenvalue weighted by Crippen LogP contribution is -2.29. The molecule has 3 heterocycles. The van der Waals surface area contributed by atoms with Crippen LogP contribution in [-0.4, -0.2) is 49.4 Å². The standard InChI is InChI=1S/C27H30N8O2/c1-5-11-35(17-36-6-2)27-28-14-22-25(33-27)26(30-15-29-22)32-19-7-10-24(18(3)12-19)37-20-8-9-23-21(13-20)31-16-34(23)4/h7-10,12-16H,5-6,11,17H2,1-4H3,(H,29,30,32). The van der Waals surface area contributed by atoms with Crippen molar-refractivity contribution in [2.24, 2.45) is 7.05 Å². The van der Waals surface area contributed by atoms with Crippen LogP contribution in [0.1, 0.15) is 25.8 Å². The average Bonchev–Trinajstić information content (AvgIpc) is 3.28. The summed E-state index contributed by atoms with van der Waals surface area (Å²) in [5, 5.41) is 3.39. The second-order valence-electron chi connectivity index (χ2n) is 8.72. The average molecular weight is 499 g/mol. The minimum absolute atomic E-state index is 0.431. The van der Waals surface area contributed by atoms with Crippen LogP contribution < -0.4 is 15.0 Å². The zero-order chi connectivity index (χ0) is 25.8. The molecule has 0 aliphatic carbocycles. The fraction of sp³-hybridized carbons (Fsp3) is 0.296. The molecule has 5 rings (SSSR count). The first-order chi connectivity index (χ1) is 18.1. The molecule has 0 bridgehead atoms. The number of benzene rings is 2. The van der Waals surface area contributed by atoms with Crippen LogP contribution >= 0.6 is 0 Å². The van der Waals surface area contributed by atoms with E-state index in [1.807, 2.05) is 66.8 Å². The Morgan fingerprint density at radius 3 is 2.70 bits per heavy atom. The minimum Gasteiger partial charge on any atom is -0.457 e. The van der Waals surface area contributed by atoms with Gasteiger partial charge in [-0.05, 0) is 56.2 Å². The Hall–Kier alpha value is -4.31. The lowest BCUT2D eigenvalue weighted by molar-refractivity contribution is 0.146. The first-order valence-corrected chi connectivity index (χ1v) is 12.3. The van der Waals surface area contributed by atoms with Gasteiger partial charge in [0.25, 0.3) is 0 Å². The monoisotopic (exact) mass is 498 g/mol. The van der Waals surface area contributed by atoms with Gasteiger partial charge in [0.2, 0.25) is 5.95 Å². The van der Waals surface area contributed by atoms with E-state index in [-0.39, 0.29) is 0 Å². The summed E-state index contributed by atoms with van der Waals surface area (Å²) < 4.78 is 13.8. The first-order valence-electron chi connectivity index (χ1n) is 12.3. The molecule has 2 aromatic carbocycles. The Balaban J connectivity index is 1.38. The molecule has 0 saturated carbocycles. The van der Waals surface area contributed by atoms with Gasteiger partial charge in [-0.25, -0.2) is 24.9 Å². The lowest BCUT2D eigenvalue weighted by atomic mass is 10.2. The molecule has 0 saturated heterocycles. The molecule has 10 heteroatoms. The molecule has 0 radical (unpaired) electrons. The third kappa shape index (κ3) is 5.29. The first kappa shape index (κ1) is 24.4. The van der Waals surface area contributed by atoms with Gasteiger partial charge in [-0.1, -0.05) is 6.92 Å². The molecule has 190 valence electrons. The molecule has 0 atom stereocenters. The number of imidazole rings is 1. The number of aryl methyl sites for hydroxylation is 2. The third-order valence-corrected chi connectivity index (χ3v) is 5.95. The molecule has 10 nitrogen and oxygen atoms in total. The van der Waals surface area contributed by atoms with Gasteiger partial charge in [0, 0.05) is 32.0 Å². The lowest BCUT2D eigenvalue weighted by Gasteiger charge is -2.21. The Morgan fingerprint density at radius 2 is 1.89 bits per heavy atom. The van der Waals surface area contributed by atoms with Crippen molar-refractivity contribution in [2.75, 3.05) is 30.1 Å². The summed E-state index contributed by atoms with van der Waals surface area (Å²) in [6.07, 6.45) is 5.98. The second-order valence-corrected chi connectivity index (χ2v) is 8.72. The Kier molecular flexibility index (Phi) is 7.09. The number of hydrogen-bond acceptors (Lipinski definition) is 9. The zero-order valence-electron chi connectivity index (χ0n) is 21.5. The van der Waals surface area contributed by atoms with Gasteiger partial charge in [-0.15, -0.1) is 0 Å². The highest BCUT2D eigenvalue weighted by atomic mass is 16.5. The van der Waals surface area contributed by atoms with Gasteiger partial charge in [0.05, 0.1) is 23.6 Å². The molecule has 0 amide bonds. The highest BCUT2D eigenvalue weighted by molar-refractivity contribution is 5.87. The van der Waals surface area contributed by atoms with E-state index in [0.717, 1.165) is 46.7 Å². The molecule has 37 heavy (non-hydrogen) atoms. The Bertz CT molecular complexity index is 1530. The van der Waals surface area contributed by atoms with Crippen molar-refractivity contribution in [1.29, 1.82) is 0 Å². The summed E-state index contributed by atoms with van der Waals surface area (Å²) >= 11 is 0. The maximum Gasteiger partial charge on any atom is 0.227 e. The van der Waals surface area contributed by atoms with Crippen molar-refractivity contribution in [2.45, 2.75) is 27.2 Å². The smallest absolute Gasteiger partial charge is 0.227 e. The summed E-state index contributed by atoms with van der Waals surface area (Å²) in [5.41, 5.74) is 5.10. The number of aromatic nitrogens is 6. The highest BCUT2D eigenvalue weighted by Gasteiger charge is 2.14. The van der Waals surface area contributed by atoms with Crippen LogP contribution in [0.2, 0.25) is 0 Å². The number of hydrogen-bond donors (Lipinski definition) is 1. The predicted molar refractivity (Wildman–Crippen MR) is 145 cm³/mol. The Labute approximate surface area is 215 Å². The fourth-order valence-electron chi connectivity index (χ4n) is 4.07.